The van der Waals surface area contributed by atoms with Crippen molar-refractivity contribution < 1.29 is 8.81 Å². The molecule has 0 radical (unpaired) electrons. The van der Waals surface area contributed by atoms with Crippen LogP contribution >= 0.6 is 0 Å². The maximum absolute atomic E-state index is 13.3. The van der Waals surface area contributed by atoms with Crippen LogP contribution in [-0.2, 0) is 0 Å². The minimum atomic E-state index is -0.345. The summed E-state index contributed by atoms with van der Waals surface area (Å²) < 4.78 is 18.6. The van der Waals surface area contributed by atoms with Crippen molar-refractivity contribution in [2.75, 3.05) is 10.6 Å². The van der Waals surface area contributed by atoms with Crippen LogP contribution in [0.5, 0.6) is 0 Å². The molecule has 124 valence electrons. The molecule has 2 heterocycles. The molecule has 3 aromatic rings. The summed E-state index contributed by atoms with van der Waals surface area (Å²) in [6, 6.07) is 6.20. The summed E-state index contributed by atoms with van der Waals surface area (Å²) in [6.45, 7) is 5.69. The van der Waals surface area contributed by atoms with E-state index in [1.165, 1.54) is 18.4 Å². The van der Waals surface area contributed by atoms with Crippen LogP contribution in [-0.4, -0.2) is 26.0 Å². The standard InChI is InChI=1S/C16H17FN6O/c1-9(2)18-15-21-14(13-8-24-10(3)19-13)22-16(23-15)20-12-6-4-5-11(17)7-12/h4-9H,1-3H3,(H2,18,20,21,22,23). The van der Waals surface area contributed by atoms with Crippen LogP contribution in [0, 0.1) is 12.7 Å². The lowest BCUT2D eigenvalue weighted by Crippen LogP contribution is -2.14. The van der Waals surface area contributed by atoms with Gasteiger partial charge in [-0.3, -0.25) is 0 Å². The van der Waals surface area contributed by atoms with Crippen LogP contribution in [0.3, 0.4) is 0 Å². The maximum atomic E-state index is 13.3. The van der Waals surface area contributed by atoms with E-state index in [1.807, 2.05) is 13.8 Å². The number of halogens is 1. The van der Waals surface area contributed by atoms with E-state index in [-0.39, 0.29) is 17.8 Å². The number of benzene rings is 1. The Labute approximate surface area is 138 Å². The number of aromatic nitrogens is 4. The van der Waals surface area contributed by atoms with E-state index in [0.29, 0.717) is 29.0 Å². The topological polar surface area (TPSA) is 88.8 Å². The van der Waals surface area contributed by atoms with Crippen molar-refractivity contribution in [3.63, 3.8) is 0 Å². The highest BCUT2D eigenvalue weighted by molar-refractivity contribution is 5.58. The van der Waals surface area contributed by atoms with Gasteiger partial charge in [0.2, 0.25) is 11.9 Å². The fraction of sp³-hybridized carbons (Fsp3) is 0.250. The fourth-order valence-corrected chi connectivity index (χ4v) is 2.03. The van der Waals surface area contributed by atoms with Crippen molar-refractivity contribution in [3.05, 3.63) is 42.2 Å². The second-order valence-electron chi connectivity index (χ2n) is 5.49. The predicted octanol–water partition coefficient (Wildman–Crippen LogP) is 3.54. The van der Waals surface area contributed by atoms with Gasteiger partial charge in [0, 0.05) is 18.7 Å². The van der Waals surface area contributed by atoms with Crippen LogP contribution in [0.1, 0.15) is 19.7 Å². The van der Waals surface area contributed by atoms with E-state index in [1.54, 1.807) is 19.1 Å². The molecule has 0 aliphatic heterocycles. The smallest absolute Gasteiger partial charge is 0.232 e. The third-order valence-electron chi connectivity index (χ3n) is 2.98. The molecule has 0 atom stereocenters. The Kier molecular flexibility index (Phi) is 4.37. The van der Waals surface area contributed by atoms with Crippen molar-refractivity contribution in [2.45, 2.75) is 26.8 Å². The number of aryl methyl sites for hydroxylation is 1. The minimum absolute atomic E-state index is 0.140. The number of hydrogen-bond acceptors (Lipinski definition) is 7. The van der Waals surface area contributed by atoms with Crippen molar-refractivity contribution in [1.82, 2.24) is 19.9 Å². The lowest BCUT2D eigenvalue weighted by atomic mass is 10.3. The Balaban J connectivity index is 1.98. The Hall–Kier alpha value is -3.03. The molecule has 0 aliphatic carbocycles. The Morgan fingerprint density at radius 1 is 1.08 bits per heavy atom. The second-order valence-corrected chi connectivity index (χ2v) is 5.49. The third kappa shape index (κ3) is 3.83. The molecule has 0 saturated heterocycles. The number of rotatable bonds is 5. The lowest BCUT2D eigenvalue weighted by molar-refractivity contribution is 0.521. The first-order valence-corrected chi connectivity index (χ1v) is 7.47. The summed E-state index contributed by atoms with van der Waals surface area (Å²) in [5.41, 5.74) is 1.04. The Morgan fingerprint density at radius 3 is 2.54 bits per heavy atom. The zero-order valence-electron chi connectivity index (χ0n) is 13.5. The first kappa shape index (κ1) is 15.9. The molecular weight excluding hydrogens is 311 g/mol. The monoisotopic (exact) mass is 328 g/mol. The molecule has 8 heteroatoms. The summed E-state index contributed by atoms with van der Waals surface area (Å²) in [6.07, 6.45) is 1.48. The summed E-state index contributed by atoms with van der Waals surface area (Å²) in [7, 11) is 0. The van der Waals surface area contributed by atoms with Gasteiger partial charge in [0.1, 0.15) is 17.8 Å². The number of nitrogens with one attached hydrogen (secondary N) is 2. The van der Waals surface area contributed by atoms with Gasteiger partial charge in [-0.2, -0.15) is 15.0 Å². The van der Waals surface area contributed by atoms with E-state index >= 15 is 0 Å². The SMILES string of the molecule is Cc1nc(-c2nc(Nc3cccc(F)c3)nc(NC(C)C)n2)co1. The van der Waals surface area contributed by atoms with Crippen molar-refractivity contribution in [3.8, 4) is 11.5 Å². The van der Waals surface area contributed by atoms with Crippen molar-refractivity contribution in [2.24, 2.45) is 0 Å². The number of hydrogen-bond donors (Lipinski definition) is 2. The van der Waals surface area contributed by atoms with Gasteiger partial charge in [-0.15, -0.1) is 0 Å². The van der Waals surface area contributed by atoms with E-state index in [9.17, 15) is 4.39 Å². The highest BCUT2D eigenvalue weighted by Gasteiger charge is 2.13. The molecule has 0 saturated carbocycles. The summed E-state index contributed by atoms with van der Waals surface area (Å²) in [5, 5.41) is 6.10. The average Bonchev–Trinajstić information content (AvgIpc) is 2.93. The number of nitrogens with zero attached hydrogens (tertiary/aromatic N) is 4. The largest absolute Gasteiger partial charge is 0.449 e. The van der Waals surface area contributed by atoms with Crippen LogP contribution < -0.4 is 10.6 Å². The molecule has 1 aromatic carbocycles. The molecule has 0 unspecified atom stereocenters. The summed E-state index contributed by atoms with van der Waals surface area (Å²) in [5.74, 6) is 1.22. The maximum Gasteiger partial charge on any atom is 0.232 e. The lowest BCUT2D eigenvalue weighted by Gasteiger charge is -2.11. The minimum Gasteiger partial charge on any atom is -0.449 e. The van der Waals surface area contributed by atoms with Crippen LogP contribution in [0.25, 0.3) is 11.5 Å². The molecule has 2 aromatic heterocycles. The Morgan fingerprint density at radius 2 is 1.88 bits per heavy atom. The molecular formula is C16H17FN6O. The summed E-state index contributed by atoms with van der Waals surface area (Å²) in [4.78, 5) is 17.2. The number of oxazole rings is 1. The molecule has 24 heavy (non-hydrogen) atoms. The molecule has 0 spiro atoms. The van der Waals surface area contributed by atoms with Gasteiger partial charge in [-0.25, -0.2) is 9.37 Å². The van der Waals surface area contributed by atoms with E-state index in [0.717, 1.165) is 0 Å². The zero-order chi connectivity index (χ0) is 17.1. The van der Waals surface area contributed by atoms with Gasteiger partial charge in [-0.05, 0) is 32.0 Å². The third-order valence-corrected chi connectivity index (χ3v) is 2.98. The molecule has 0 aliphatic rings. The highest BCUT2D eigenvalue weighted by Crippen LogP contribution is 2.20. The molecule has 0 fully saturated rings. The summed E-state index contributed by atoms with van der Waals surface area (Å²) >= 11 is 0. The first-order chi connectivity index (χ1) is 11.5. The average molecular weight is 328 g/mol. The fourth-order valence-electron chi connectivity index (χ4n) is 2.03. The molecule has 0 amide bonds. The molecule has 0 bridgehead atoms. The van der Waals surface area contributed by atoms with Gasteiger partial charge in [-0.1, -0.05) is 6.07 Å². The zero-order valence-corrected chi connectivity index (χ0v) is 13.5. The van der Waals surface area contributed by atoms with Gasteiger partial charge in [0.15, 0.2) is 11.7 Å². The number of anilines is 3. The van der Waals surface area contributed by atoms with Crippen LogP contribution in [0.15, 0.2) is 34.9 Å². The van der Waals surface area contributed by atoms with E-state index < -0.39 is 0 Å². The molecule has 3 rings (SSSR count). The molecule has 2 N–H and O–H groups in total. The van der Waals surface area contributed by atoms with Gasteiger partial charge in [0.05, 0.1) is 0 Å². The van der Waals surface area contributed by atoms with E-state index in [2.05, 4.69) is 30.6 Å². The van der Waals surface area contributed by atoms with Gasteiger partial charge in [0.25, 0.3) is 0 Å². The predicted molar refractivity (Wildman–Crippen MR) is 88.5 cm³/mol. The second kappa shape index (κ2) is 6.61. The first-order valence-electron chi connectivity index (χ1n) is 7.47. The van der Waals surface area contributed by atoms with Crippen LogP contribution in [0.2, 0.25) is 0 Å². The van der Waals surface area contributed by atoms with Crippen molar-refractivity contribution in [1.29, 1.82) is 0 Å². The van der Waals surface area contributed by atoms with Crippen molar-refractivity contribution >= 4 is 17.6 Å². The van der Waals surface area contributed by atoms with Crippen LogP contribution in [0.4, 0.5) is 22.0 Å². The van der Waals surface area contributed by atoms with Gasteiger partial charge >= 0.3 is 0 Å². The van der Waals surface area contributed by atoms with E-state index in [4.69, 9.17) is 4.42 Å². The highest BCUT2D eigenvalue weighted by atomic mass is 19.1. The normalized spacial score (nSPS) is 10.9. The van der Waals surface area contributed by atoms with Gasteiger partial charge < -0.3 is 15.1 Å². The Bertz CT molecular complexity index is 848. The molecule has 7 nitrogen and oxygen atoms in total. The quantitative estimate of drug-likeness (QED) is 0.740.